The van der Waals surface area contributed by atoms with Crippen LogP contribution < -0.4 is 0 Å². The van der Waals surface area contributed by atoms with Crippen molar-refractivity contribution in [2.75, 3.05) is 6.61 Å². The van der Waals surface area contributed by atoms with E-state index in [9.17, 15) is 5.11 Å². The molecule has 74 valence electrons. The molecule has 0 radical (unpaired) electrons. The van der Waals surface area contributed by atoms with Crippen LogP contribution in [0, 0.1) is 5.92 Å². The van der Waals surface area contributed by atoms with E-state index in [1.54, 1.807) is 0 Å². The van der Waals surface area contributed by atoms with Crippen molar-refractivity contribution in [2.24, 2.45) is 5.92 Å². The number of hydrogen-bond donors (Lipinski definition) is 2. The van der Waals surface area contributed by atoms with E-state index in [2.05, 4.69) is 6.08 Å². The minimum atomic E-state index is -0.496. The Morgan fingerprint density at radius 2 is 2.23 bits per heavy atom. The molecule has 2 aliphatic carbocycles. The molecule has 1 unspecified atom stereocenters. The lowest BCUT2D eigenvalue weighted by atomic mass is 9.71. The van der Waals surface area contributed by atoms with Gasteiger partial charge in [-0.05, 0) is 44.1 Å². The summed E-state index contributed by atoms with van der Waals surface area (Å²) in [6, 6.07) is 0. The fourth-order valence-corrected chi connectivity index (χ4v) is 2.59. The van der Waals surface area contributed by atoms with Crippen molar-refractivity contribution in [3.05, 3.63) is 11.6 Å². The Kier molecular flexibility index (Phi) is 2.43. The second-order valence-electron chi connectivity index (χ2n) is 4.41. The molecule has 0 aromatic rings. The Morgan fingerprint density at radius 3 is 3.00 bits per heavy atom. The molecule has 2 N–H and O–H groups in total. The van der Waals surface area contributed by atoms with Crippen molar-refractivity contribution in [3.8, 4) is 0 Å². The maximum atomic E-state index is 10.3. The van der Waals surface area contributed by atoms with Gasteiger partial charge in [-0.25, -0.2) is 0 Å². The highest BCUT2D eigenvalue weighted by atomic mass is 16.3. The Balaban J connectivity index is 2.18. The molecule has 13 heavy (non-hydrogen) atoms. The van der Waals surface area contributed by atoms with Crippen molar-refractivity contribution in [2.45, 2.75) is 44.1 Å². The fourth-order valence-electron chi connectivity index (χ4n) is 2.59. The molecule has 0 amide bonds. The van der Waals surface area contributed by atoms with E-state index in [0.717, 1.165) is 32.1 Å². The second kappa shape index (κ2) is 3.43. The van der Waals surface area contributed by atoms with Gasteiger partial charge in [0.25, 0.3) is 0 Å². The van der Waals surface area contributed by atoms with Crippen LogP contribution in [0.5, 0.6) is 0 Å². The number of hydrogen-bond acceptors (Lipinski definition) is 2. The van der Waals surface area contributed by atoms with Gasteiger partial charge in [0.15, 0.2) is 0 Å². The maximum Gasteiger partial charge on any atom is 0.0857 e. The zero-order chi connectivity index (χ0) is 9.31. The predicted octanol–water partition coefficient (Wildman–Crippen LogP) is 1.62. The van der Waals surface area contributed by atoms with E-state index in [1.165, 1.54) is 12.0 Å². The summed E-state index contributed by atoms with van der Waals surface area (Å²) in [5.41, 5.74) is 0.702. The molecule has 0 aromatic carbocycles. The number of rotatable bonds is 1. The van der Waals surface area contributed by atoms with Gasteiger partial charge in [0, 0.05) is 12.5 Å². The lowest BCUT2D eigenvalue weighted by molar-refractivity contribution is 0.0267. The van der Waals surface area contributed by atoms with E-state index in [4.69, 9.17) is 5.11 Å². The van der Waals surface area contributed by atoms with Gasteiger partial charge in [-0.1, -0.05) is 6.08 Å². The summed E-state index contributed by atoms with van der Waals surface area (Å²) in [4.78, 5) is 0. The van der Waals surface area contributed by atoms with Crippen molar-refractivity contribution < 1.29 is 10.2 Å². The molecule has 0 bridgehead atoms. The molecule has 0 spiro atoms. The lowest BCUT2D eigenvalue weighted by Gasteiger charge is -2.39. The Hall–Kier alpha value is -0.340. The molecule has 2 heteroatoms. The van der Waals surface area contributed by atoms with Crippen LogP contribution in [0.25, 0.3) is 0 Å². The molecule has 2 atom stereocenters. The zero-order valence-corrected chi connectivity index (χ0v) is 8.00. The van der Waals surface area contributed by atoms with E-state index in [-0.39, 0.29) is 6.61 Å². The summed E-state index contributed by atoms with van der Waals surface area (Å²) in [7, 11) is 0. The van der Waals surface area contributed by atoms with Crippen LogP contribution in [0.15, 0.2) is 11.6 Å². The first-order valence-electron chi connectivity index (χ1n) is 5.29. The highest BCUT2D eigenvalue weighted by Crippen LogP contribution is 2.41. The molecular weight excluding hydrogens is 164 g/mol. The number of fused-ring (bicyclic) bond motifs is 1. The van der Waals surface area contributed by atoms with Crippen LogP contribution >= 0.6 is 0 Å². The van der Waals surface area contributed by atoms with Gasteiger partial charge in [-0.15, -0.1) is 0 Å². The van der Waals surface area contributed by atoms with Crippen LogP contribution in [-0.4, -0.2) is 22.4 Å². The maximum absolute atomic E-state index is 10.3. The monoisotopic (exact) mass is 182 g/mol. The normalized spacial score (nSPS) is 39.5. The smallest absolute Gasteiger partial charge is 0.0857 e. The zero-order valence-electron chi connectivity index (χ0n) is 8.00. The molecule has 0 aliphatic heterocycles. The SMILES string of the molecule is OCC1C=C2CCCC[C@@]2(O)CC1. The van der Waals surface area contributed by atoms with Crippen LogP contribution in [0.3, 0.4) is 0 Å². The second-order valence-corrected chi connectivity index (χ2v) is 4.41. The Bertz CT molecular complexity index is 222. The van der Waals surface area contributed by atoms with Crippen molar-refractivity contribution in [1.29, 1.82) is 0 Å². The third-order valence-corrected chi connectivity index (χ3v) is 3.48. The van der Waals surface area contributed by atoms with Gasteiger partial charge in [0.1, 0.15) is 0 Å². The van der Waals surface area contributed by atoms with Crippen LogP contribution in [0.4, 0.5) is 0 Å². The van der Waals surface area contributed by atoms with Crippen LogP contribution in [0.2, 0.25) is 0 Å². The summed E-state index contributed by atoms with van der Waals surface area (Å²) < 4.78 is 0. The van der Waals surface area contributed by atoms with E-state index >= 15 is 0 Å². The van der Waals surface area contributed by atoms with Gasteiger partial charge < -0.3 is 10.2 Å². The number of aliphatic hydroxyl groups excluding tert-OH is 1. The molecule has 0 heterocycles. The molecule has 0 aromatic heterocycles. The highest BCUT2D eigenvalue weighted by Gasteiger charge is 2.37. The molecule has 1 fully saturated rings. The Labute approximate surface area is 79.3 Å². The summed E-state index contributed by atoms with van der Waals surface area (Å²) in [6.07, 6.45) is 8.22. The number of aliphatic hydroxyl groups is 2. The average Bonchev–Trinajstić information content (AvgIpc) is 2.16. The molecule has 2 aliphatic rings. The minimum absolute atomic E-state index is 0.236. The van der Waals surface area contributed by atoms with Gasteiger partial charge in [0.05, 0.1) is 5.60 Å². The van der Waals surface area contributed by atoms with Crippen LogP contribution in [0.1, 0.15) is 38.5 Å². The molecule has 2 nitrogen and oxygen atoms in total. The Morgan fingerprint density at radius 1 is 1.38 bits per heavy atom. The average molecular weight is 182 g/mol. The van der Waals surface area contributed by atoms with E-state index < -0.39 is 5.60 Å². The third kappa shape index (κ3) is 1.65. The van der Waals surface area contributed by atoms with Gasteiger partial charge >= 0.3 is 0 Å². The molecule has 0 saturated heterocycles. The summed E-state index contributed by atoms with van der Waals surface area (Å²) in [5, 5.41) is 19.3. The van der Waals surface area contributed by atoms with Gasteiger partial charge in [-0.2, -0.15) is 0 Å². The highest BCUT2D eigenvalue weighted by molar-refractivity contribution is 5.23. The first-order chi connectivity index (χ1) is 6.24. The predicted molar refractivity (Wildman–Crippen MR) is 51.3 cm³/mol. The summed E-state index contributed by atoms with van der Waals surface area (Å²) in [6.45, 7) is 0.236. The van der Waals surface area contributed by atoms with Crippen LogP contribution in [-0.2, 0) is 0 Å². The molecule has 2 rings (SSSR count). The first-order valence-corrected chi connectivity index (χ1v) is 5.29. The van der Waals surface area contributed by atoms with Gasteiger partial charge in [-0.3, -0.25) is 0 Å². The third-order valence-electron chi connectivity index (χ3n) is 3.48. The molecular formula is C11H18O2. The summed E-state index contributed by atoms with van der Waals surface area (Å²) in [5.74, 6) is 0.299. The fraction of sp³-hybridized carbons (Fsp3) is 0.818. The lowest BCUT2D eigenvalue weighted by Crippen LogP contribution is -2.37. The quantitative estimate of drug-likeness (QED) is 0.605. The molecule has 1 saturated carbocycles. The van der Waals surface area contributed by atoms with Crippen molar-refractivity contribution in [3.63, 3.8) is 0 Å². The topological polar surface area (TPSA) is 40.5 Å². The largest absolute Gasteiger partial charge is 0.396 e. The van der Waals surface area contributed by atoms with Crippen molar-refractivity contribution >= 4 is 0 Å². The van der Waals surface area contributed by atoms with E-state index in [1.807, 2.05) is 0 Å². The van der Waals surface area contributed by atoms with Crippen molar-refractivity contribution in [1.82, 2.24) is 0 Å². The minimum Gasteiger partial charge on any atom is -0.396 e. The first kappa shape index (κ1) is 9.22. The van der Waals surface area contributed by atoms with E-state index in [0.29, 0.717) is 5.92 Å². The summed E-state index contributed by atoms with van der Waals surface area (Å²) >= 11 is 0. The standard InChI is InChI=1S/C11H18O2/c12-8-9-4-6-11(13)5-2-1-3-10(11)7-9/h7,9,12-13H,1-6,8H2/t9?,11-/m1/s1. The van der Waals surface area contributed by atoms with Gasteiger partial charge in [0.2, 0.25) is 0 Å².